The summed E-state index contributed by atoms with van der Waals surface area (Å²) in [5.74, 6) is 0. The van der Waals surface area contributed by atoms with Gasteiger partial charge in [0.15, 0.2) is 0 Å². The van der Waals surface area contributed by atoms with Crippen LogP contribution in [0.1, 0.15) is 39.5 Å². The Kier molecular flexibility index (Phi) is 8.14. The zero-order valence-electron chi connectivity index (χ0n) is 9.84. The number of hydrogen-bond acceptors (Lipinski definition) is 3. The largest absolute Gasteiger partial charge is 0.382 e. The summed E-state index contributed by atoms with van der Waals surface area (Å²) in [4.78, 5) is 0. The van der Waals surface area contributed by atoms with E-state index in [1.807, 2.05) is 0 Å². The van der Waals surface area contributed by atoms with E-state index in [-0.39, 0.29) is 5.54 Å². The highest BCUT2D eigenvalue weighted by atomic mass is 16.5. The van der Waals surface area contributed by atoms with Gasteiger partial charge in [0.05, 0.1) is 13.2 Å². The van der Waals surface area contributed by atoms with Crippen LogP contribution in [0, 0.1) is 0 Å². The summed E-state index contributed by atoms with van der Waals surface area (Å²) in [6, 6.07) is 0. The summed E-state index contributed by atoms with van der Waals surface area (Å²) in [7, 11) is 1.68. The molecule has 0 spiro atoms. The summed E-state index contributed by atoms with van der Waals surface area (Å²) >= 11 is 0. The molecule has 2 N–H and O–H groups in total. The maximum Gasteiger partial charge on any atom is 0.0700 e. The van der Waals surface area contributed by atoms with Crippen LogP contribution in [0.15, 0.2) is 0 Å². The minimum absolute atomic E-state index is 0.0185. The molecule has 0 radical (unpaired) electrons. The Morgan fingerprint density at radius 1 is 1.07 bits per heavy atom. The molecule has 0 rings (SSSR count). The molecule has 0 amide bonds. The van der Waals surface area contributed by atoms with Crippen molar-refractivity contribution in [1.29, 1.82) is 0 Å². The molecule has 0 unspecified atom stereocenters. The zero-order chi connectivity index (χ0) is 10.9. The third kappa shape index (κ3) is 6.35. The van der Waals surface area contributed by atoms with E-state index in [2.05, 4.69) is 13.8 Å². The van der Waals surface area contributed by atoms with Gasteiger partial charge in [0, 0.05) is 19.3 Å². The Morgan fingerprint density at radius 2 is 1.71 bits per heavy atom. The smallest absolute Gasteiger partial charge is 0.0700 e. The van der Waals surface area contributed by atoms with Gasteiger partial charge in [0.2, 0.25) is 0 Å². The van der Waals surface area contributed by atoms with Crippen LogP contribution in [0.2, 0.25) is 0 Å². The highest BCUT2D eigenvalue weighted by Crippen LogP contribution is 2.17. The quantitative estimate of drug-likeness (QED) is 0.582. The number of ether oxygens (including phenoxy) is 2. The Balaban J connectivity index is 3.34. The molecule has 0 bridgehead atoms. The van der Waals surface area contributed by atoms with Gasteiger partial charge in [-0.2, -0.15) is 0 Å². The molecule has 0 fully saturated rings. The van der Waals surface area contributed by atoms with Gasteiger partial charge in [-0.1, -0.05) is 13.8 Å². The van der Waals surface area contributed by atoms with Crippen LogP contribution in [0.3, 0.4) is 0 Å². The van der Waals surface area contributed by atoms with Crippen molar-refractivity contribution >= 4 is 0 Å². The molecular formula is C11H25NO2. The predicted octanol–water partition coefficient (Wildman–Crippen LogP) is 1.95. The maximum absolute atomic E-state index is 6.16. The van der Waals surface area contributed by atoms with Gasteiger partial charge in [0.25, 0.3) is 0 Å². The van der Waals surface area contributed by atoms with Crippen LogP contribution < -0.4 is 5.73 Å². The van der Waals surface area contributed by atoms with Crippen molar-refractivity contribution < 1.29 is 9.47 Å². The average Bonchev–Trinajstić information content (AvgIpc) is 2.23. The van der Waals surface area contributed by atoms with E-state index in [1.54, 1.807) is 7.11 Å². The first-order valence-corrected chi connectivity index (χ1v) is 5.54. The number of rotatable bonds is 9. The molecule has 0 aliphatic heterocycles. The monoisotopic (exact) mass is 203 g/mol. The second-order valence-corrected chi connectivity index (χ2v) is 3.78. The highest BCUT2D eigenvalue weighted by molar-refractivity contribution is 4.80. The lowest BCUT2D eigenvalue weighted by atomic mass is 9.89. The molecule has 0 saturated carbocycles. The normalized spacial score (nSPS) is 12.0. The third-order valence-corrected chi connectivity index (χ3v) is 2.80. The first kappa shape index (κ1) is 13.9. The summed E-state index contributed by atoms with van der Waals surface area (Å²) in [6.07, 6.45) is 4.18. The van der Waals surface area contributed by atoms with Gasteiger partial charge >= 0.3 is 0 Å². The first-order valence-electron chi connectivity index (χ1n) is 5.54. The summed E-state index contributed by atoms with van der Waals surface area (Å²) < 4.78 is 10.3. The van der Waals surface area contributed by atoms with Crippen molar-refractivity contribution in [3.05, 3.63) is 0 Å². The Labute approximate surface area is 88.0 Å². The first-order chi connectivity index (χ1) is 6.68. The molecule has 0 saturated heterocycles. The molecule has 0 aromatic carbocycles. The van der Waals surface area contributed by atoms with Crippen LogP contribution in [-0.2, 0) is 9.47 Å². The maximum atomic E-state index is 6.16. The van der Waals surface area contributed by atoms with E-state index in [0.29, 0.717) is 13.2 Å². The summed E-state index contributed by atoms with van der Waals surface area (Å²) in [5, 5.41) is 0. The fraction of sp³-hybridized carbons (Fsp3) is 1.00. The Hall–Kier alpha value is -0.120. The standard InChI is InChI=1S/C11H25NO2/c1-4-11(12,5-2)7-6-8-14-10-9-13-3/h4-10,12H2,1-3H3. The number of nitrogens with two attached hydrogens (primary N) is 1. The number of methoxy groups -OCH3 is 1. The molecule has 0 atom stereocenters. The van der Waals surface area contributed by atoms with Crippen LogP contribution in [0.4, 0.5) is 0 Å². The Morgan fingerprint density at radius 3 is 2.21 bits per heavy atom. The lowest BCUT2D eigenvalue weighted by Gasteiger charge is -2.26. The summed E-state index contributed by atoms with van der Waals surface area (Å²) in [6.45, 7) is 6.45. The van der Waals surface area contributed by atoms with Crippen molar-refractivity contribution in [3.8, 4) is 0 Å². The molecule has 3 nitrogen and oxygen atoms in total. The van der Waals surface area contributed by atoms with Crippen molar-refractivity contribution in [2.75, 3.05) is 26.9 Å². The zero-order valence-corrected chi connectivity index (χ0v) is 9.84. The molecule has 0 aromatic heterocycles. The van der Waals surface area contributed by atoms with Crippen molar-refractivity contribution in [3.63, 3.8) is 0 Å². The second-order valence-electron chi connectivity index (χ2n) is 3.78. The lowest BCUT2D eigenvalue weighted by Crippen LogP contribution is -2.38. The van der Waals surface area contributed by atoms with Gasteiger partial charge in [-0.25, -0.2) is 0 Å². The third-order valence-electron chi connectivity index (χ3n) is 2.80. The van der Waals surface area contributed by atoms with Gasteiger partial charge < -0.3 is 15.2 Å². The van der Waals surface area contributed by atoms with Crippen LogP contribution in [0.25, 0.3) is 0 Å². The van der Waals surface area contributed by atoms with Gasteiger partial charge in [0.1, 0.15) is 0 Å². The molecule has 14 heavy (non-hydrogen) atoms. The summed E-state index contributed by atoms with van der Waals surface area (Å²) in [5.41, 5.74) is 6.18. The Bertz CT molecular complexity index is 124. The van der Waals surface area contributed by atoms with Crippen LogP contribution in [-0.4, -0.2) is 32.5 Å². The van der Waals surface area contributed by atoms with E-state index in [9.17, 15) is 0 Å². The van der Waals surface area contributed by atoms with Crippen molar-refractivity contribution in [2.45, 2.75) is 45.1 Å². The molecule has 0 aliphatic rings. The van der Waals surface area contributed by atoms with Gasteiger partial charge in [-0.15, -0.1) is 0 Å². The minimum atomic E-state index is 0.0185. The van der Waals surface area contributed by atoms with E-state index < -0.39 is 0 Å². The van der Waals surface area contributed by atoms with Crippen molar-refractivity contribution in [1.82, 2.24) is 0 Å². The second kappa shape index (κ2) is 8.21. The molecular weight excluding hydrogens is 178 g/mol. The fourth-order valence-electron chi connectivity index (χ4n) is 1.37. The van der Waals surface area contributed by atoms with Gasteiger partial charge in [-0.3, -0.25) is 0 Å². The van der Waals surface area contributed by atoms with E-state index in [4.69, 9.17) is 15.2 Å². The molecule has 0 aliphatic carbocycles. The molecule has 0 aromatic rings. The van der Waals surface area contributed by atoms with Crippen LogP contribution >= 0.6 is 0 Å². The van der Waals surface area contributed by atoms with E-state index >= 15 is 0 Å². The molecule has 0 heterocycles. The lowest BCUT2D eigenvalue weighted by molar-refractivity contribution is 0.0662. The minimum Gasteiger partial charge on any atom is -0.382 e. The fourth-order valence-corrected chi connectivity index (χ4v) is 1.37. The molecule has 86 valence electrons. The molecule has 3 heteroatoms. The van der Waals surface area contributed by atoms with Crippen LogP contribution in [0.5, 0.6) is 0 Å². The SMILES string of the molecule is CCC(N)(CC)CCCOCCOC. The highest BCUT2D eigenvalue weighted by Gasteiger charge is 2.18. The number of hydrogen-bond donors (Lipinski definition) is 1. The average molecular weight is 203 g/mol. The van der Waals surface area contributed by atoms with Gasteiger partial charge in [-0.05, 0) is 25.7 Å². The van der Waals surface area contributed by atoms with Crippen molar-refractivity contribution in [2.24, 2.45) is 5.73 Å². The topological polar surface area (TPSA) is 44.5 Å². The predicted molar refractivity (Wildman–Crippen MR) is 59.4 cm³/mol. The van der Waals surface area contributed by atoms with E-state index in [0.717, 1.165) is 32.3 Å². The van der Waals surface area contributed by atoms with E-state index in [1.165, 1.54) is 0 Å².